The van der Waals surface area contributed by atoms with Crippen molar-refractivity contribution in [2.24, 2.45) is 0 Å². The molecule has 0 aromatic heterocycles. The van der Waals surface area contributed by atoms with E-state index in [9.17, 15) is 17.6 Å². The summed E-state index contributed by atoms with van der Waals surface area (Å²) in [5.74, 6) is -1.32. The lowest BCUT2D eigenvalue weighted by atomic mass is 10.1. The molecule has 0 saturated heterocycles. The molecule has 7 heteroatoms. The topological polar surface area (TPSA) is 80.5 Å². The maximum atomic E-state index is 13.8. The number of nitrogen functional groups attached to an aromatic ring is 1. The number of benzene rings is 2. The van der Waals surface area contributed by atoms with E-state index in [2.05, 4.69) is 0 Å². The minimum Gasteiger partial charge on any atom is -0.398 e. The number of anilines is 1. The normalized spacial score (nSPS) is 16.0. The van der Waals surface area contributed by atoms with Crippen molar-refractivity contribution in [1.82, 2.24) is 4.31 Å². The molecule has 2 aromatic rings. The van der Waals surface area contributed by atoms with Gasteiger partial charge in [0.05, 0.1) is 12.1 Å². The lowest BCUT2D eigenvalue weighted by Crippen LogP contribution is -2.30. The van der Waals surface area contributed by atoms with Crippen LogP contribution in [0.25, 0.3) is 0 Å². The molecule has 2 aromatic carbocycles. The average molecular weight is 306 g/mol. The molecule has 0 spiro atoms. The highest BCUT2D eigenvalue weighted by Crippen LogP contribution is 2.32. The first-order chi connectivity index (χ1) is 9.93. The molecule has 108 valence electrons. The highest BCUT2D eigenvalue weighted by molar-refractivity contribution is 7.90. The molecule has 0 atom stereocenters. The van der Waals surface area contributed by atoms with Gasteiger partial charge in [-0.25, -0.2) is 17.1 Å². The van der Waals surface area contributed by atoms with Gasteiger partial charge in [0.25, 0.3) is 15.9 Å². The fourth-order valence-electron chi connectivity index (χ4n) is 2.27. The number of halogens is 1. The van der Waals surface area contributed by atoms with E-state index in [4.69, 9.17) is 5.73 Å². The van der Waals surface area contributed by atoms with Gasteiger partial charge < -0.3 is 5.73 Å². The van der Waals surface area contributed by atoms with Crippen molar-refractivity contribution in [1.29, 1.82) is 0 Å². The van der Waals surface area contributed by atoms with Crippen LogP contribution in [-0.2, 0) is 16.6 Å². The molecule has 1 heterocycles. The fourth-order valence-corrected chi connectivity index (χ4v) is 3.81. The second-order valence-corrected chi connectivity index (χ2v) is 6.45. The zero-order chi connectivity index (χ0) is 15.2. The van der Waals surface area contributed by atoms with Gasteiger partial charge in [0.15, 0.2) is 0 Å². The molecule has 1 aliphatic heterocycles. The van der Waals surface area contributed by atoms with Crippen LogP contribution in [-0.4, -0.2) is 18.6 Å². The van der Waals surface area contributed by atoms with Crippen LogP contribution in [0.15, 0.2) is 47.4 Å². The van der Waals surface area contributed by atoms with Crippen molar-refractivity contribution in [3.8, 4) is 0 Å². The Morgan fingerprint density at radius 1 is 1.10 bits per heavy atom. The summed E-state index contributed by atoms with van der Waals surface area (Å²) in [6.45, 7) is -0.422. The Labute approximate surface area is 120 Å². The number of nitrogens with zero attached hydrogens (tertiary/aromatic N) is 1. The third-order valence-electron chi connectivity index (χ3n) is 3.37. The first-order valence-corrected chi connectivity index (χ1v) is 7.56. The van der Waals surface area contributed by atoms with Crippen molar-refractivity contribution in [3.63, 3.8) is 0 Å². The molecule has 0 unspecified atom stereocenters. The van der Waals surface area contributed by atoms with E-state index in [1.807, 2.05) is 0 Å². The van der Waals surface area contributed by atoms with Gasteiger partial charge in [0.1, 0.15) is 10.7 Å². The third kappa shape index (κ3) is 1.97. The van der Waals surface area contributed by atoms with E-state index in [1.54, 1.807) is 6.07 Å². The summed E-state index contributed by atoms with van der Waals surface area (Å²) in [7, 11) is -3.97. The smallest absolute Gasteiger partial charge is 0.269 e. The monoisotopic (exact) mass is 306 g/mol. The minimum absolute atomic E-state index is 0.0118. The SMILES string of the molecule is Nc1cccc(F)c1CN1C(=O)c2ccccc2S1(=O)=O. The molecule has 3 rings (SSSR count). The molecular weight excluding hydrogens is 295 g/mol. The first kappa shape index (κ1) is 13.6. The van der Waals surface area contributed by atoms with E-state index in [0.29, 0.717) is 4.31 Å². The number of rotatable bonds is 2. The summed E-state index contributed by atoms with van der Waals surface area (Å²) in [5.41, 5.74) is 5.85. The minimum atomic E-state index is -3.97. The second-order valence-electron chi connectivity index (χ2n) is 4.62. The summed E-state index contributed by atoms with van der Waals surface area (Å²) in [4.78, 5) is 12.2. The first-order valence-electron chi connectivity index (χ1n) is 6.12. The standard InChI is InChI=1S/C14H11FN2O3S/c15-11-5-3-6-12(16)10(11)8-17-14(18)9-4-1-2-7-13(9)21(17,19)20/h1-7H,8,16H2. The Kier molecular flexibility index (Phi) is 2.94. The summed E-state index contributed by atoms with van der Waals surface area (Å²) >= 11 is 0. The highest BCUT2D eigenvalue weighted by atomic mass is 32.2. The van der Waals surface area contributed by atoms with Crippen LogP contribution >= 0.6 is 0 Å². The lowest BCUT2D eigenvalue weighted by Gasteiger charge is -2.16. The third-order valence-corrected chi connectivity index (χ3v) is 5.16. The second kappa shape index (κ2) is 4.56. The molecule has 21 heavy (non-hydrogen) atoms. The van der Waals surface area contributed by atoms with Gasteiger partial charge >= 0.3 is 0 Å². The molecule has 5 nitrogen and oxygen atoms in total. The number of fused-ring (bicyclic) bond motifs is 1. The summed E-state index contributed by atoms with van der Waals surface area (Å²) in [5, 5.41) is 0. The number of sulfonamides is 1. The Bertz CT molecular complexity index is 829. The van der Waals surface area contributed by atoms with Gasteiger partial charge in [-0.05, 0) is 24.3 Å². The van der Waals surface area contributed by atoms with Crippen LogP contribution in [0, 0.1) is 5.82 Å². The molecule has 0 saturated carbocycles. The van der Waals surface area contributed by atoms with Crippen LogP contribution in [0.3, 0.4) is 0 Å². The van der Waals surface area contributed by atoms with E-state index in [1.165, 1.54) is 36.4 Å². The summed E-state index contributed by atoms with van der Waals surface area (Å²) < 4.78 is 39.2. The maximum Gasteiger partial charge on any atom is 0.269 e. The molecule has 1 aliphatic rings. The maximum absolute atomic E-state index is 13.8. The van der Waals surface area contributed by atoms with Gasteiger partial charge in [0, 0.05) is 11.3 Å². The molecule has 1 amide bonds. The highest BCUT2D eigenvalue weighted by Gasteiger charge is 2.41. The van der Waals surface area contributed by atoms with Crippen molar-refractivity contribution < 1.29 is 17.6 Å². The Hall–Kier alpha value is -2.41. The van der Waals surface area contributed by atoms with Crippen LogP contribution in [0.1, 0.15) is 15.9 Å². The van der Waals surface area contributed by atoms with Crippen molar-refractivity contribution in [2.45, 2.75) is 11.4 Å². The van der Waals surface area contributed by atoms with Crippen LogP contribution in [0.2, 0.25) is 0 Å². The van der Waals surface area contributed by atoms with Gasteiger partial charge in [-0.1, -0.05) is 18.2 Å². The number of nitrogens with two attached hydrogens (primary N) is 1. The van der Waals surface area contributed by atoms with Gasteiger partial charge in [-0.3, -0.25) is 4.79 Å². The van der Waals surface area contributed by atoms with Gasteiger partial charge in [0.2, 0.25) is 0 Å². The van der Waals surface area contributed by atoms with Crippen LogP contribution < -0.4 is 5.73 Å². The predicted octanol–water partition coefficient (Wildman–Crippen LogP) is 1.75. The van der Waals surface area contributed by atoms with Crippen LogP contribution in [0.4, 0.5) is 10.1 Å². The van der Waals surface area contributed by atoms with E-state index in [-0.39, 0.29) is 21.7 Å². The molecule has 0 fully saturated rings. The van der Waals surface area contributed by atoms with Crippen molar-refractivity contribution in [3.05, 3.63) is 59.4 Å². The Balaban J connectivity index is 2.08. The summed E-state index contributed by atoms with van der Waals surface area (Å²) in [6, 6.07) is 9.94. The van der Waals surface area contributed by atoms with E-state index < -0.39 is 28.3 Å². The van der Waals surface area contributed by atoms with Crippen molar-refractivity contribution >= 4 is 21.6 Å². The fraction of sp³-hybridized carbons (Fsp3) is 0.0714. The molecule has 2 N–H and O–H groups in total. The molecule has 0 bridgehead atoms. The largest absolute Gasteiger partial charge is 0.398 e. The molecule has 0 aliphatic carbocycles. The quantitative estimate of drug-likeness (QED) is 0.857. The molecule has 0 radical (unpaired) electrons. The van der Waals surface area contributed by atoms with Crippen molar-refractivity contribution in [2.75, 3.05) is 5.73 Å². The van der Waals surface area contributed by atoms with E-state index >= 15 is 0 Å². The van der Waals surface area contributed by atoms with Gasteiger partial charge in [-0.2, -0.15) is 0 Å². The zero-order valence-electron chi connectivity index (χ0n) is 10.8. The van der Waals surface area contributed by atoms with E-state index in [0.717, 1.165) is 0 Å². The zero-order valence-corrected chi connectivity index (χ0v) is 11.6. The number of amides is 1. The number of carbonyl (C=O) groups is 1. The average Bonchev–Trinajstić information content (AvgIpc) is 2.64. The lowest BCUT2D eigenvalue weighted by molar-refractivity contribution is 0.0864. The summed E-state index contributed by atoms with van der Waals surface area (Å²) in [6.07, 6.45) is 0. The Morgan fingerprint density at radius 3 is 2.48 bits per heavy atom. The van der Waals surface area contributed by atoms with Crippen LogP contribution in [0.5, 0.6) is 0 Å². The number of hydrogen-bond acceptors (Lipinski definition) is 4. The molecular formula is C14H11FN2O3S. The Morgan fingerprint density at radius 2 is 1.81 bits per heavy atom. The number of carbonyl (C=O) groups excluding carboxylic acids is 1. The van der Waals surface area contributed by atoms with Gasteiger partial charge in [-0.15, -0.1) is 0 Å². The number of hydrogen-bond donors (Lipinski definition) is 1. The predicted molar refractivity (Wildman–Crippen MR) is 74.3 cm³/mol.